The molecule has 8 heteroatoms. The quantitative estimate of drug-likeness (QED) is 0.644. The van der Waals surface area contributed by atoms with E-state index in [2.05, 4.69) is 26.2 Å². The van der Waals surface area contributed by atoms with E-state index in [0.29, 0.717) is 5.69 Å². The van der Waals surface area contributed by atoms with Crippen molar-refractivity contribution in [2.75, 3.05) is 5.32 Å². The molecule has 7 nitrogen and oxygen atoms in total. The van der Waals surface area contributed by atoms with Crippen molar-refractivity contribution in [3.05, 3.63) is 56.2 Å². The third-order valence-corrected chi connectivity index (χ3v) is 3.61. The van der Waals surface area contributed by atoms with Crippen molar-refractivity contribution in [1.29, 1.82) is 0 Å². The summed E-state index contributed by atoms with van der Waals surface area (Å²) in [4.78, 5) is 24.9. The molecular weight excluding hydrogens is 342 g/mol. The molecular formula is C13H10BrN3O4. The first kappa shape index (κ1) is 14.9. The van der Waals surface area contributed by atoms with Crippen LogP contribution in [-0.2, 0) is 0 Å². The normalized spacial score (nSPS) is 10.2. The molecule has 0 fully saturated rings. The van der Waals surface area contributed by atoms with Gasteiger partial charge in [0.2, 0.25) is 0 Å². The molecule has 0 bridgehead atoms. The zero-order valence-corrected chi connectivity index (χ0v) is 12.4. The van der Waals surface area contributed by atoms with Gasteiger partial charge in [-0.3, -0.25) is 10.1 Å². The zero-order valence-electron chi connectivity index (χ0n) is 10.8. The second kappa shape index (κ2) is 5.88. The van der Waals surface area contributed by atoms with Crippen molar-refractivity contribution >= 4 is 39.1 Å². The number of aromatic carboxylic acids is 1. The Bertz CT molecular complexity index is 733. The van der Waals surface area contributed by atoms with Gasteiger partial charge in [-0.25, -0.2) is 9.78 Å². The fourth-order valence-electron chi connectivity index (χ4n) is 1.65. The summed E-state index contributed by atoms with van der Waals surface area (Å²) in [6.07, 6.45) is 0.926. The maximum Gasteiger partial charge on any atom is 0.342 e. The molecule has 0 radical (unpaired) electrons. The first-order chi connectivity index (χ1) is 9.88. The molecule has 0 unspecified atom stereocenters. The first-order valence-electron chi connectivity index (χ1n) is 5.79. The highest BCUT2D eigenvalue weighted by Gasteiger charge is 2.21. The number of hydrogen-bond donors (Lipinski definition) is 2. The molecule has 1 aromatic heterocycles. The van der Waals surface area contributed by atoms with E-state index in [4.69, 9.17) is 5.11 Å². The van der Waals surface area contributed by atoms with Crippen molar-refractivity contribution in [2.45, 2.75) is 6.92 Å². The fourth-order valence-corrected chi connectivity index (χ4v) is 2.03. The van der Waals surface area contributed by atoms with Crippen LogP contribution in [0.15, 0.2) is 34.9 Å². The van der Waals surface area contributed by atoms with Crippen molar-refractivity contribution in [3.8, 4) is 0 Å². The van der Waals surface area contributed by atoms with Gasteiger partial charge < -0.3 is 10.4 Å². The Morgan fingerprint density at radius 3 is 2.71 bits per heavy atom. The topological polar surface area (TPSA) is 105 Å². The molecule has 0 aliphatic heterocycles. The second-order valence-corrected chi connectivity index (χ2v) is 5.09. The van der Waals surface area contributed by atoms with Crippen molar-refractivity contribution in [1.82, 2.24) is 4.98 Å². The second-order valence-electron chi connectivity index (χ2n) is 4.24. The van der Waals surface area contributed by atoms with E-state index in [0.717, 1.165) is 22.3 Å². The van der Waals surface area contributed by atoms with E-state index in [9.17, 15) is 14.9 Å². The van der Waals surface area contributed by atoms with E-state index in [-0.39, 0.29) is 5.82 Å². The molecule has 2 rings (SSSR count). The maximum absolute atomic E-state index is 11.1. The molecule has 1 heterocycles. The van der Waals surface area contributed by atoms with Gasteiger partial charge in [0, 0.05) is 16.2 Å². The molecule has 0 saturated heterocycles. The number of nitrogens with one attached hydrogen (secondary N) is 1. The van der Waals surface area contributed by atoms with Gasteiger partial charge in [-0.2, -0.15) is 0 Å². The molecule has 0 saturated carbocycles. The number of pyridine rings is 1. The van der Waals surface area contributed by atoms with Gasteiger partial charge in [0.15, 0.2) is 0 Å². The van der Waals surface area contributed by atoms with Crippen LogP contribution >= 0.6 is 15.9 Å². The lowest BCUT2D eigenvalue weighted by atomic mass is 10.2. The van der Waals surface area contributed by atoms with Gasteiger partial charge >= 0.3 is 11.7 Å². The standard InChI is InChI=1S/C13H10BrN3O4/c1-7-2-3-8(4-10(7)14)16-12-5-9(13(18)19)11(6-15-12)17(20)21/h2-6H,1H3,(H,15,16)(H,18,19). The van der Waals surface area contributed by atoms with Crippen LogP contribution in [0.5, 0.6) is 0 Å². The third-order valence-electron chi connectivity index (χ3n) is 2.75. The van der Waals surface area contributed by atoms with E-state index in [1.165, 1.54) is 0 Å². The number of anilines is 2. The molecule has 0 aliphatic carbocycles. The van der Waals surface area contributed by atoms with E-state index in [1.807, 2.05) is 13.0 Å². The molecule has 0 amide bonds. The van der Waals surface area contributed by atoms with E-state index < -0.39 is 22.1 Å². The van der Waals surface area contributed by atoms with Crippen molar-refractivity contribution in [3.63, 3.8) is 0 Å². The maximum atomic E-state index is 11.1. The van der Waals surface area contributed by atoms with Crippen molar-refractivity contribution < 1.29 is 14.8 Å². The van der Waals surface area contributed by atoms with Crippen molar-refractivity contribution in [2.24, 2.45) is 0 Å². The molecule has 0 spiro atoms. The molecule has 1 aromatic carbocycles. The minimum Gasteiger partial charge on any atom is -0.477 e. The van der Waals surface area contributed by atoms with E-state index >= 15 is 0 Å². The number of hydrogen-bond acceptors (Lipinski definition) is 5. The number of carbonyl (C=O) groups is 1. The van der Waals surface area contributed by atoms with Crippen LogP contribution in [-0.4, -0.2) is 21.0 Å². The average Bonchev–Trinajstić information content (AvgIpc) is 2.42. The molecule has 0 aliphatic rings. The summed E-state index contributed by atoms with van der Waals surface area (Å²) in [6.45, 7) is 1.93. The monoisotopic (exact) mass is 351 g/mol. The SMILES string of the molecule is Cc1ccc(Nc2cc(C(=O)O)c([N+](=O)[O-])cn2)cc1Br. The average molecular weight is 352 g/mol. The number of nitrogens with zero attached hydrogens (tertiary/aromatic N) is 2. The smallest absolute Gasteiger partial charge is 0.342 e. The van der Waals surface area contributed by atoms with Gasteiger partial charge in [0.25, 0.3) is 0 Å². The van der Waals surface area contributed by atoms with Crippen LogP contribution in [0.4, 0.5) is 17.2 Å². The van der Waals surface area contributed by atoms with Crippen LogP contribution in [0.1, 0.15) is 15.9 Å². The first-order valence-corrected chi connectivity index (χ1v) is 6.58. The Kier molecular flexibility index (Phi) is 4.18. The van der Waals surface area contributed by atoms with E-state index in [1.54, 1.807) is 12.1 Å². The number of nitro groups is 1. The summed E-state index contributed by atoms with van der Waals surface area (Å²) in [5, 5.41) is 22.7. The molecule has 21 heavy (non-hydrogen) atoms. The van der Waals surface area contributed by atoms with Crippen LogP contribution in [0.2, 0.25) is 0 Å². The number of halogens is 1. The number of aryl methyl sites for hydroxylation is 1. The number of rotatable bonds is 4. The summed E-state index contributed by atoms with van der Waals surface area (Å²) in [5.74, 6) is -1.16. The van der Waals surface area contributed by atoms with Crippen LogP contribution in [0, 0.1) is 17.0 Å². The number of carboxylic acid groups (broad SMARTS) is 1. The minimum atomic E-state index is -1.38. The summed E-state index contributed by atoms with van der Waals surface area (Å²) in [6, 6.07) is 6.60. The third kappa shape index (κ3) is 3.34. The highest BCUT2D eigenvalue weighted by molar-refractivity contribution is 9.10. The van der Waals surface area contributed by atoms with Gasteiger partial charge in [-0.15, -0.1) is 0 Å². The predicted octanol–water partition coefficient (Wildman–Crippen LogP) is 3.50. The number of benzene rings is 1. The highest BCUT2D eigenvalue weighted by atomic mass is 79.9. The predicted molar refractivity (Wildman–Crippen MR) is 80.0 cm³/mol. The fraction of sp³-hybridized carbons (Fsp3) is 0.0769. The Morgan fingerprint density at radius 1 is 1.43 bits per heavy atom. The zero-order chi connectivity index (χ0) is 15.6. The lowest BCUT2D eigenvalue weighted by molar-refractivity contribution is -0.385. The molecule has 2 aromatic rings. The molecule has 2 N–H and O–H groups in total. The van der Waals surface area contributed by atoms with Gasteiger partial charge in [0.1, 0.15) is 17.6 Å². The molecule has 108 valence electrons. The lowest BCUT2D eigenvalue weighted by Gasteiger charge is -2.08. The Balaban J connectivity index is 2.36. The lowest BCUT2D eigenvalue weighted by Crippen LogP contribution is -2.05. The summed E-state index contributed by atoms with van der Waals surface area (Å²) in [7, 11) is 0. The van der Waals surface area contributed by atoms with Gasteiger partial charge in [-0.1, -0.05) is 22.0 Å². The Labute approximate surface area is 127 Å². The Morgan fingerprint density at radius 2 is 2.14 bits per heavy atom. The highest BCUT2D eigenvalue weighted by Crippen LogP contribution is 2.25. The number of aromatic nitrogens is 1. The summed E-state index contributed by atoms with van der Waals surface area (Å²) in [5.41, 5.74) is 0.774. The summed E-state index contributed by atoms with van der Waals surface area (Å²) < 4.78 is 0.882. The Hall–Kier alpha value is -2.48. The van der Waals surface area contributed by atoms with Crippen LogP contribution in [0.3, 0.4) is 0 Å². The minimum absolute atomic E-state index is 0.216. The largest absolute Gasteiger partial charge is 0.477 e. The number of carboxylic acids is 1. The van der Waals surface area contributed by atoms with Crippen LogP contribution < -0.4 is 5.32 Å². The molecule has 0 atom stereocenters. The van der Waals surface area contributed by atoms with Crippen LogP contribution in [0.25, 0.3) is 0 Å². The van der Waals surface area contributed by atoms with Gasteiger partial charge in [-0.05, 0) is 24.6 Å². The summed E-state index contributed by atoms with van der Waals surface area (Å²) >= 11 is 3.38. The van der Waals surface area contributed by atoms with Gasteiger partial charge in [0.05, 0.1) is 4.92 Å².